The van der Waals surface area contributed by atoms with E-state index in [-0.39, 0.29) is 17.5 Å². The van der Waals surface area contributed by atoms with Crippen LogP contribution in [-0.4, -0.2) is 38.3 Å². The zero-order chi connectivity index (χ0) is 16.2. The molecule has 0 bridgehead atoms. The van der Waals surface area contributed by atoms with Crippen molar-refractivity contribution >= 4 is 28.1 Å². The maximum atomic E-state index is 13.6. The van der Waals surface area contributed by atoms with E-state index in [4.69, 9.17) is 5.11 Å². The predicted molar refractivity (Wildman–Crippen MR) is 76.6 cm³/mol. The fourth-order valence-corrected chi connectivity index (χ4v) is 2.04. The number of halogens is 1. The maximum Gasteiger partial charge on any atom is 0.338 e. The summed E-state index contributed by atoms with van der Waals surface area (Å²) in [4.78, 5) is 20.9. The van der Waals surface area contributed by atoms with Gasteiger partial charge in [-0.2, -0.15) is 0 Å². The third-order valence-corrected chi connectivity index (χ3v) is 4.31. The predicted octanol–water partition coefficient (Wildman–Crippen LogP) is 2.00. The highest BCUT2D eigenvalue weighted by Crippen LogP contribution is 2.28. The first-order valence-corrected chi connectivity index (χ1v) is 7.63. The van der Waals surface area contributed by atoms with Crippen molar-refractivity contribution in [3.8, 4) is 0 Å². The number of nitrogens with zero attached hydrogens (tertiary/aromatic N) is 1. The number of carboxylic acid groups (broad SMARTS) is 1. The molecule has 9 heteroatoms. The summed E-state index contributed by atoms with van der Waals surface area (Å²) < 4.78 is 24.8. The fraction of sp³-hybridized carbons (Fsp3) is 0.417. The molecule has 2 N–H and O–H groups in total. The maximum absolute atomic E-state index is 13.6. The van der Waals surface area contributed by atoms with Crippen molar-refractivity contribution in [2.75, 3.05) is 18.1 Å². The van der Waals surface area contributed by atoms with Gasteiger partial charge in [0.2, 0.25) is 0 Å². The van der Waals surface area contributed by atoms with Crippen LogP contribution < -0.4 is 5.32 Å². The summed E-state index contributed by atoms with van der Waals surface area (Å²) >= 11 is 0. The molecule has 0 aliphatic carbocycles. The second-order valence-electron chi connectivity index (χ2n) is 4.44. The van der Waals surface area contributed by atoms with Crippen molar-refractivity contribution < 1.29 is 23.4 Å². The zero-order valence-corrected chi connectivity index (χ0v) is 12.3. The van der Waals surface area contributed by atoms with Crippen LogP contribution in [0.4, 0.5) is 15.8 Å². The lowest BCUT2D eigenvalue weighted by Gasteiger charge is -2.11. The number of benzene rings is 1. The van der Waals surface area contributed by atoms with Crippen molar-refractivity contribution in [3.63, 3.8) is 0 Å². The molecule has 2 unspecified atom stereocenters. The molecule has 0 amide bonds. The molecule has 0 radical (unpaired) electrons. The highest BCUT2D eigenvalue weighted by atomic mass is 32.2. The van der Waals surface area contributed by atoms with E-state index >= 15 is 0 Å². The van der Waals surface area contributed by atoms with E-state index in [1.54, 1.807) is 13.2 Å². The average Bonchev–Trinajstić information content (AvgIpc) is 2.37. The number of anilines is 1. The molecular weight excluding hydrogens is 303 g/mol. The van der Waals surface area contributed by atoms with E-state index in [0.29, 0.717) is 12.5 Å². The number of carbonyl (C=O) groups is 1. The summed E-state index contributed by atoms with van der Waals surface area (Å²) in [5.41, 5.74) is -1.37. The first kappa shape index (κ1) is 17.0. The molecule has 0 fully saturated rings. The monoisotopic (exact) mass is 318 g/mol. The van der Waals surface area contributed by atoms with Crippen molar-refractivity contribution in [3.05, 3.63) is 33.6 Å². The fourth-order valence-electron chi connectivity index (χ4n) is 1.59. The number of nitro benzene ring substituents is 1. The Hall–Kier alpha value is -2.03. The lowest BCUT2D eigenvalue weighted by atomic mass is 10.1. The first-order valence-electron chi connectivity index (χ1n) is 6.01. The largest absolute Gasteiger partial charge is 0.478 e. The second kappa shape index (κ2) is 7.11. The molecule has 0 saturated heterocycles. The molecule has 1 aromatic carbocycles. The Kier molecular flexibility index (Phi) is 5.77. The minimum absolute atomic E-state index is 0.100. The Morgan fingerprint density at radius 2 is 2.19 bits per heavy atom. The van der Waals surface area contributed by atoms with Crippen LogP contribution in [0, 0.1) is 15.9 Å². The Morgan fingerprint density at radius 3 is 2.67 bits per heavy atom. The Labute approximate surface area is 122 Å². The van der Waals surface area contributed by atoms with Gasteiger partial charge in [0, 0.05) is 41.0 Å². The Morgan fingerprint density at radius 1 is 1.57 bits per heavy atom. The van der Waals surface area contributed by atoms with E-state index in [1.165, 1.54) is 0 Å². The minimum atomic E-state index is -1.57. The number of hydrogen-bond acceptors (Lipinski definition) is 5. The van der Waals surface area contributed by atoms with E-state index in [2.05, 4.69) is 5.32 Å². The Bertz CT molecular complexity index is 593. The van der Waals surface area contributed by atoms with Gasteiger partial charge in [0.1, 0.15) is 17.1 Å². The van der Waals surface area contributed by atoms with Gasteiger partial charge in [-0.1, -0.05) is 6.92 Å². The lowest BCUT2D eigenvalue weighted by molar-refractivity contribution is -0.384. The molecule has 0 spiro atoms. The molecule has 0 aliphatic heterocycles. The summed E-state index contributed by atoms with van der Waals surface area (Å²) in [5.74, 6) is -2.63. The lowest BCUT2D eigenvalue weighted by Crippen LogP contribution is -2.15. The number of rotatable bonds is 7. The molecule has 0 aliphatic rings. The topological polar surface area (TPSA) is 110 Å². The van der Waals surface area contributed by atoms with Gasteiger partial charge in [0.05, 0.1) is 4.92 Å². The van der Waals surface area contributed by atoms with Crippen molar-refractivity contribution in [1.82, 2.24) is 0 Å². The van der Waals surface area contributed by atoms with Gasteiger partial charge < -0.3 is 10.4 Å². The average molecular weight is 318 g/mol. The van der Waals surface area contributed by atoms with Crippen LogP contribution in [0.3, 0.4) is 0 Å². The van der Waals surface area contributed by atoms with Crippen LogP contribution in [0.2, 0.25) is 0 Å². The van der Waals surface area contributed by atoms with Gasteiger partial charge >= 0.3 is 5.97 Å². The van der Waals surface area contributed by atoms with Gasteiger partial charge in [0.25, 0.3) is 5.69 Å². The van der Waals surface area contributed by atoms with Gasteiger partial charge in [-0.25, -0.2) is 9.18 Å². The van der Waals surface area contributed by atoms with E-state index in [9.17, 15) is 23.5 Å². The minimum Gasteiger partial charge on any atom is -0.478 e. The van der Waals surface area contributed by atoms with Crippen LogP contribution in [-0.2, 0) is 10.8 Å². The molecular formula is C12H15FN2O5S. The summed E-state index contributed by atoms with van der Waals surface area (Å²) in [7, 11) is -1.02. The summed E-state index contributed by atoms with van der Waals surface area (Å²) in [6.07, 6.45) is 2.02. The van der Waals surface area contributed by atoms with Crippen LogP contribution in [0.15, 0.2) is 12.1 Å². The number of aromatic carboxylic acids is 1. The standard InChI is InChI=1S/C12H15FN2O5S/c1-7(21(2)20)3-4-14-10-6-9(13)8(12(16)17)5-11(10)15(18)19/h5-7,14H,3-4H2,1-2H3,(H,16,17). The third-order valence-electron chi connectivity index (χ3n) is 2.95. The van der Waals surface area contributed by atoms with Gasteiger partial charge in [-0.05, 0) is 6.42 Å². The number of carboxylic acids is 1. The first-order chi connectivity index (χ1) is 9.73. The quantitative estimate of drug-likeness (QED) is 0.588. The van der Waals surface area contributed by atoms with Crippen molar-refractivity contribution in [2.24, 2.45) is 0 Å². The number of hydrogen-bond donors (Lipinski definition) is 2. The van der Waals surface area contributed by atoms with Crippen LogP contribution >= 0.6 is 0 Å². The van der Waals surface area contributed by atoms with Crippen LogP contribution in [0.1, 0.15) is 23.7 Å². The third kappa shape index (κ3) is 4.48. The number of nitro groups is 1. The molecule has 2 atom stereocenters. The van der Waals surface area contributed by atoms with Gasteiger partial charge in [-0.3, -0.25) is 14.3 Å². The van der Waals surface area contributed by atoms with Crippen LogP contribution in [0.5, 0.6) is 0 Å². The molecule has 0 saturated carbocycles. The molecule has 7 nitrogen and oxygen atoms in total. The van der Waals surface area contributed by atoms with Crippen molar-refractivity contribution in [2.45, 2.75) is 18.6 Å². The highest BCUT2D eigenvalue weighted by molar-refractivity contribution is 7.84. The van der Waals surface area contributed by atoms with E-state index < -0.39 is 38.8 Å². The SMILES string of the molecule is CC(CCNc1cc(F)c(C(=O)O)cc1[N+](=O)[O-])S(C)=O. The molecule has 0 heterocycles. The van der Waals surface area contributed by atoms with Crippen molar-refractivity contribution in [1.29, 1.82) is 0 Å². The van der Waals surface area contributed by atoms with E-state index in [0.717, 1.165) is 6.07 Å². The van der Waals surface area contributed by atoms with Crippen LogP contribution in [0.25, 0.3) is 0 Å². The van der Waals surface area contributed by atoms with Gasteiger partial charge in [0.15, 0.2) is 0 Å². The summed E-state index contributed by atoms with van der Waals surface area (Å²) in [6, 6.07) is 1.47. The molecule has 1 aromatic rings. The Balaban J connectivity index is 2.96. The van der Waals surface area contributed by atoms with E-state index in [1.807, 2.05) is 0 Å². The normalized spacial score (nSPS) is 13.5. The number of nitrogens with one attached hydrogen (secondary N) is 1. The zero-order valence-electron chi connectivity index (χ0n) is 11.5. The molecule has 0 aromatic heterocycles. The summed E-state index contributed by atoms with van der Waals surface area (Å²) in [6.45, 7) is 2.02. The molecule has 116 valence electrons. The highest BCUT2D eigenvalue weighted by Gasteiger charge is 2.21. The molecule has 1 rings (SSSR count). The van der Waals surface area contributed by atoms with Gasteiger partial charge in [-0.15, -0.1) is 0 Å². The molecule has 21 heavy (non-hydrogen) atoms. The second-order valence-corrected chi connectivity index (χ2v) is 6.24. The smallest absolute Gasteiger partial charge is 0.338 e. The summed E-state index contributed by atoms with van der Waals surface area (Å²) in [5, 5.41) is 22.2.